The van der Waals surface area contributed by atoms with E-state index < -0.39 is 0 Å². The van der Waals surface area contributed by atoms with Gasteiger partial charge in [-0.15, -0.1) is 0 Å². The molecule has 1 aromatic rings. The highest BCUT2D eigenvalue weighted by molar-refractivity contribution is 5.94. The summed E-state index contributed by atoms with van der Waals surface area (Å²) in [5.74, 6) is 1.21. The van der Waals surface area contributed by atoms with E-state index in [2.05, 4.69) is 0 Å². The van der Waals surface area contributed by atoms with E-state index in [-0.39, 0.29) is 5.91 Å². The first kappa shape index (κ1) is 13.7. The molecule has 2 N–H and O–H groups in total. The molecule has 0 aromatic carbocycles. The maximum atomic E-state index is 11.5. The van der Waals surface area contributed by atoms with Crippen molar-refractivity contribution in [2.75, 3.05) is 14.1 Å². The molecule has 0 aliphatic heterocycles. The minimum absolute atomic E-state index is 0.0547. The Bertz CT molecular complexity index is 316. The number of carbonyl (C=O) groups excluding carboxylic acids is 1. The van der Waals surface area contributed by atoms with Crippen molar-refractivity contribution in [3.63, 3.8) is 0 Å². The van der Waals surface area contributed by atoms with Crippen molar-refractivity contribution < 1.29 is 9.21 Å². The molecule has 0 spiro atoms. The Balaban J connectivity index is 0.000000921. The maximum Gasteiger partial charge on any atom is 0.256 e. The van der Waals surface area contributed by atoms with E-state index in [1.54, 1.807) is 27.1 Å². The fraction of sp³-hybridized carbons (Fsp3) is 0.545. The first-order valence-electron chi connectivity index (χ1n) is 5.07. The van der Waals surface area contributed by atoms with Crippen LogP contribution in [0.25, 0.3) is 0 Å². The van der Waals surface area contributed by atoms with Crippen molar-refractivity contribution in [3.8, 4) is 0 Å². The molecule has 1 amide bonds. The van der Waals surface area contributed by atoms with Crippen LogP contribution in [0.1, 0.15) is 35.7 Å². The van der Waals surface area contributed by atoms with Gasteiger partial charge in [0.2, 0.25) is 0 Å². The second-order valence-corrected chi connectivity index (χ2v) is 3.09. The normalized spacial score (nSPS) is 9.20. The Kier molecular flexibility index (Phi) is 5.70. The fourth-order valence-corrected chi connectivity index (χ4v) is 1.10. The number of rotatable bonds is 2. The highest BCUT2D eigenvalue weighted by Gasteiger charge is 2.15. The topological polar surface area (TPSA) is 59.5 Å². The lowest BCUT2D eigenvalue weighted by atomic mass is 10.2. The number of amides is 1. The van der Waals surface area contributed by atoms with Gasteiger partial charge in [-0.2, -0.15) is 0 Å². The number of hydrogen-bond acceptors (Lipinski definition) is 3. The summed E-state index contributed by atoms with van der Waals surface area (Å²) in [4.78, 5) is 13.0. The quantitative estimate of drug-likeness (QED) is 0.812. The zero-order valence-electron chi connectivity index (χ0n) is 10.1. The molecule has 1 rings (SSSR count). The van der Waals surface area contributed by atoms with Gasteiger partial charge in [-0.25, -0.2) is 0 Å². The third-order valence-corrected chi connectivity index (χ3v) is 1.81. The molecule has 4 nitrogen and oxygen atoms in total. The smallest absolute Gasteiger partial charge is 0.256 e. The molecule has 0 saturated carbocycles. The van der Waals surface area contributed by atoms with Crippen LogP contribution in [0.5, 0.6) is 0 Å². The monoisotopic (exact) mass is 212 g/mol. The number of carbonyl (C=O) groups is 1. The van der Waals surface area contributed by atoms with Gasteiger partial charge in [0.1, 0.15) is 11.5 Å². The van der Waals surface area contributed by atoms with Gasteiger partial charge in [-0.3, -0.25) is 4.79 Å². The highest BCUT2D eigenvalue weighted by atomic mass is 16.3. The predicted molar refractivity (Wildman–Crippen MR) is 60.7 cm³/mol. The summed E-state index contributed by atoms with van der Waals surface area (Å²) in [6.07, 6.45) is 0. The van der Waals surface area contributed by atoms with E-state index in [0.29, 0.717) is 23.6 Å². The van der Waals surface area contributed by atoms with Crippen molar-refractivity contribution in [1.82, 2.24) is 4.90 Å². The van der Waals surface area contributed by atoms with Gasteiger partial charge < -0.3 is 15.1 Å². The van der Waals surface area contributed by atoms with E-state index in [9.17, 15) is 4.79 Å². The zero-order chi connectivity index (χ0) is 12.0. The molecular weight excluding hydrogens is 192 g/mol. The Morgan fingerprint density at radius 3 is 2.33 bits per heavy atom. The Labute approximate surface area is 91.0 Å². The lowest BCUT2D eigenvalue weighted by Gasteiger charge is -2.07. The number of aryl methyl sites for hydroxylation is 1. The molecule has 0 aliphatic rings. The third-order valence-electron chi connectivity index (χ3n) is 1.81. The van der Waals surface area contributed by atoms with Crippen molar-refractivity contribution in [2.45, 2.75) is 27.3 Å². The standard InChI is InChI=1S/C9H14N2O2.C2H6/c1-6-8(9(12)11(2)3)4-7(5-10)13-6;1-2/h4H,5,10H2,1-3H3;1-2H3. The SMILES string of the molecule is CC.Cc1oc(CN)cc1C(=O)N(C)C. The average Bonchev–Trinajstić information content (AvgIpc) is 2.61. The number of furan rings is 1. The summed E-state index contributed by atoms with van der Waals surface area (Å²) < 4.78 is 5.26. The summed E-state index contributed by atoms with van der Waals surface area (Å²) in [6.45, 7) is 6.08. The summed E-state index contributed by atoms with van der Waals surface area (Å²) in [7, 11) is 3.41. The van der Waals surface area contributed by atoms with Crippen LogP contribution in [0.2, 0.25) is 0 Å². The Morgan fingerprint density at radius 1 is 1.47 bits per heavy atom. The van der Waals surface area contributed by atoms with E-state index in [0.717, 1.165) is 0 Å². The van der Waals surface area contributed by atoms with E-state index in [1.807, 2.05) is 13.8 Å². The summed E-state index contributed by atoms with van der Waals surface area (Å²) in [5, 5.41) is 0. The van der Waals surface area contributed by atoms with E-state index in [1.165, 1.54) is 4.90 Å². The summed E-state index contributed by atoms with van der Waals surface area (Å²) in [5.41, 5.74) is 5.98. The Hall–Kier alpha value is -1.29. The summed E-state index contributed by atoms with van der Waals surface area (Å²) >= 11 is 0. The van der Waals surface area contributed by atoms with Crippen LogP contribution in [0, 0.1) is 6.92 Å². The maximum absolute atomic E-state index is 11.5. The average molecular weight is 212 g/mol. The van der Waals surface area contributed by atoms with Gasteiger partial charge in [-0.05, 0) is 13.0 Å². The molecule has 1 aromatic heterocycles. The van der Waals surface area contributed by atoms with Crippen LogP contribution in [0.3, 0.4) is 0 Å². The molecule has 0 atom stereocenters. The lowest BCUT2D eigenvalue weighted by molar-refractivity contribution is 0.0826. The molecule has 15 heavy (non-hydrogen) atoms. The predicted octanol–water partition coefficient (Wildman–Crippen LogP) is 1.77. The molecule has 0 saturated heterocycles. The largest absolute Gasteiger partial charge is 0.464 e. The van der Waals surface area contributed by atoms with Gasteiger partial charge in [0.15, 0.2) is 0 Å². The molecule has 0 fully saturated rings. The van der Waals surface area contributed by atoms with Crippen molar-refractivity contribution >= 4 is 5.91 Å². The van der Waals surface area contributed by atoms with Crippen LogP contribution >= 0.6 is 0 Å². The molecular formula is C11H20N2O2. The van der Waals surface area contributed by atoms with Gasteiger partial charge >= 0.3 is 0 Å². The molecule has 0 radical (unpaired) electrons. The second kappa shape index (κ2) is 6.24. The highest BCUT2D eigenvalue weighted by Crippen LogP contribution is 2.15. The van der Waals surface area contributed by atoms with Gasteiger partial charge in [-0.1, -0.05) is 13.8 Å². The lowest BCUT2D eigenvalue weighted by Crippen LogP contribution is -2.21. The molecule has 4 heteroatoms. The minimum atomic E-state index is -0.0547. The molecule has 0 aliphatic carbocycles. The van der Waals surface area contributed by atoms with Gasteiger partial charge in [0, 0.05) is 14.1 Å². The van der Waals surface area contributed by atoms with Crippen LogP contribution in [-0.2, 0) is 6.54 Å². The van der Waals surface area contributed by atoms with Crippen molar-refractivity contribution in [1.29, 1.82) is 0 Å². The van der Waals surface area contributed by atoms with E-state index >= 15 is 0 Å². The molecule has 0 bridgehead atoms. The number of nitrogens with zero attached hydrogens (tertiary/aromatic N) is 1. The van der Waals surface area contributed by atoms with Crippen molar-refractivity contribution in [2.24, 2.45) is 5.73 Å². The number of hydrogen-bond donors (Lipinski definition) is 1. The van der Waals surface area contributed by atoms with Crippen LogP contribution in [0.15, 0.2) is 10.5 Å². The van der Waals surface area contributed by atoms with Crippen molar-refractivity contribution in [3.05, 3.63) is 23.2 Å². The molecule has 86 valence electrons. The van der Waals surface area contributed by atoms with Crippen LogP contribution in [-0.4, -0.2) is 24.9 Å². The number of nitrogens with two attached hydrogens (primary N) is 1. The zero-order valence-corrected chi connectivity index (χ0v) is 10.1. The minimum Gasteiger partial charge on any atom is -0.464 e. The van der Waals surface area contributed by atoms with Crippen LogP contribution in [0.4, 0.5) is 0 Å². The van der Waals surface area contributed by atoms with Gasteiger partial charge in [0.25, 0.3) is 5.91 Å². The van der Waals surface area contributed by atoms with Crippen LogP contribution < -0.4 is 5.73 Å². The first-order chi connectivity index (χ1) is 7.06. The summed E-state index contributed by atoms with van der Waals surface area (Å²) in [6, 6.07) is 1.69. The first-order valence-corrected chi connectivity index (χ1v) is 5.07. The van der Waals surface area contributed by atoms with E-state index in [4.69, 9.17) is 10.2 Å². The Morgan fingerprint density at radius 2 is 2.00 bits per heavy atom. The van der Waals surface area contributed by atoms with Gasteiger partial charge in [0.05, 0.1) is 12.1 Å². The molecule has 0 unspecified atom stereocenters. The third kappa shape index (κ3) is 3.40. The molecule has 1 heterocycles. The second-order valence-electron chi connectivity index (χ2n) is 3.09. The fourth-order valence-electron chi connectivity index (χ4n) is 1.10.